The van der Waals surface area contributed by atoms with Gasteiger partial charge in [-0.15, -0.1) is 11.3 Å². The van der Waals surface area contributed by atoms with Gasteiger partial charge < -0.3 is 15.0 Å². The number of aromatic nitrogens is 1. The van der Waals surface area contributed by atoms with Crippen molar-refractivity contribution in [1.29, 1.82) is 0 Å². The number of carbonyl (C=O) groups excluding carboxylic acids is 1. The lowest BCUT2D eigenvalue weighted by molar-refractivity contribution is 0.102. The van der Waals surface area contributed by atoms with Crippen LogP contribution in [0.2, 0.25) is 0 Å². The monoisotopic (exact) mass is 517 g/mol. The molecular weight excluding hydrogens is 490 g/mol. The summed E-state index contributed by atoms with van der Waals surface area (Å²) in [6.45, 7) is 2.64. The molecule has 10 nitrogen and oxygen atoms in total. The normalized spacial score (nSPS) is 14.9. The second-order valence-corrected chi connectivity index (χ2v) is 12.0. The Labute approximate surface area is 198 Å². The summed E-state index contributed by atoms with van der Waals surface area (Å²) >= 11 is 1.36. The highest BCUT2D eigenvalue weighted by Gasteiger charge is 2.22. The average Bonchev–Trinajstić information content (AvgIpc) is 3.27. The van der Waals surface area contributed by atoms with Gasteiger partial charge in [-0.25, -0.2) is 13.4 Å². The van der Waals surface area contributed by atoms with E-state index in [1.165, 1.54) is 17.4 Å². The van der Waals surface area contributed by atoms with E-state index in [1.54, 1.807) is 23.6 Å². The Hall–Kier alpha value is -2.06. The molecule has 3 rings (SSSR count). The van der Waals surface area contributed by atoms with E-state index in [0.717, 1.165) is 11.4 Å². The standard InChI is InChI=1S/C20H27N3O7S3/c1-32(25,26)30-11-5-2-6-14-33(27,28)18-8-4-3-7-16(18)21-19(24)17-15-31-20(22-17)23-9-12-29-13-10-23/h3-4,7-8,15H,2,5-6,9-14H2,1H3,(H,21,24). The van der Waals surface area contributed by atoms with Crippen molar-refractivity contribution in [1.82, 2.24) is 4.98 Å². The number of carbonyl (C=O) groups is 1. The van der Waals surface area contributed by atoms with Crippen LogP contribution >= 0.6 is 11.3 Å². The van der Waals surface area contributed by atoms with Gasteiger partial charge >= 0.3 is 0 Å². The Balaban J connectivity index is 1.60. The first kappa shape index (κ1) is 25.6. The lowest BCUT2D eigenvalue weighted by Gasteiger charge is -2.25. The number of benzene rings is 1. The van der Waals surface area contributed by atoms with Crippen molar-refractivity contribution < 1.29 is 30.6 Å². The minimum absolute atomic E-state index is 0.0195. The third-order valence-electron chi connectivity index (χ3n) is 4.83. The second-order valence-electron chi connectivity index (χ2n) is 7.47. The first-order valence-electron chi connectivity index (χ1n) is 10.4. The Kier molecular flexibility index (Phi) is 8.82. The molecule has 1 aliphatic heterocycles. The lowest BCUT2D eigenvalue weighted by atomic mass is 10.3. The van der Waals surface area contributed by atoms with E-state index in [2.05, 4.69) is 14.5 Å². The van der Waals surface area contributed by atoms with Gasteiger partial charge in [-0.1, -0.05) is 18.6 Å². The van der Waals surface area contributed by atoms with Gasteiger partial charge in [-0.2, -0.15) is 8.42 Å². The van der Waals surface area contributed by atoms with E-state index in [0.29, 0.717) is 45.6 Å². The first-order valence-corrected chi connectivity index (χ1v) is 14.8. The molecule has 1 fully saturated rings. The molecule has 1 aromatic carbocycles. The minimum atomic E-state index is -3.66. The van der Waals surface area contributed by atoms with E-state index >= 15 is 0 Å². The van der Waals surface area contributed by atoms with E-state index in [9.17, 15) is 21.6 Å². The maximum absolute atomic E-state index is 12.9. The Morgan fingerprint density at radius 1 is 1.15 bits per heavy atom. The van der Waals surface area contributed by atoms with Crippen LogP contribution in [-0.4, -0.2) is 72.6 Å². The highest BCUT2D eigenvalue weighted by molar-refractivity contribution is 7.91. The minimum Gasteiger partial charge on any atom is -0.378 e. The van der Waals surface area contributed by atoms with Gasteiger partial charge in [0.25, 0.3) is 16.0 Å². The zero-order chi connectivity index (χ0) is 23.9. The van der Waals surface area contributed by atoms with E-state index in [-0.39, 0.29) is 28.6 Å². The maximum atomic E-state index is 12.9. The third-order valence-corrected chi connectivity index (χ3v) is 8.18. The van der Waals surface area contributed by atoms with Crippen molar-refractivity contribution in [3.8, 4) is 0 Å². The predicted octanol–water partition coefficient (Wildman–Crippen LogP) is 2.15. The van der Waals surface area contributed by atoms with Gasteiger partial charge in [-0.05, 0) is 25.0 Å². The van der Waals surface area contributed by atoms with Gasteiger partial charge in [0, 0.05) is 18.5 Å². The van der Waals surface area contributed by atoms with Gasteiger partial charge in [-0.3, -0.25) is 8.98 Å². The summed E-state index contributed by atoms with van der Waals surface area (Å²) in [6.07, 6.45) is 2.23. The van der Waals surface area contributed by atoms with Crippen LogP contribution in [0.3, 0.4) is 0 Å². The Bertz CT molecular complexity index is 1160. The predicted molar refractivity (Wildman–Crippen MR) is 126 cm³/mol. The number of nitrogens with zero attached hydrogens (tertiary/aromatic N) is 2. The Morgan fingerprint density at radius 2 is 1.88 bits per heavy atom. The maximum Gasteiger partial charge on any atom is 0.275 e. The number of hydrogen-bond donors (Lipinski definition) is 1. The summed E-state index contributed by atoms with van der Waals surface area (Å²) in [7, 11) is -7.16. The van der Waals surface area contributed by atoms with Crippen LogP contribution in [0.15, 0.2) is 34.5 Å². The molecule has 2 heterocycles. The van der Waals surface area contributed by atoms with Gasteiger partial charge in [0.1, 0.15) is 5.69 Å². The molecule has 0 atom stereocenters. The summed E-state index contributed by atoms with van der Waals surface area (Å²) in [5.41, 5.74) is 0.420. The molecule has 1 aromatic heterocycles. The van der Waals surface area contributed by atoms with Crippen LogP contribution in [0.1, 0.15) is 29.8 Å². The van der Waals surface area contributed by atoms with Gasteiger partial charge in [0.2, 0.25) is 0 Å². The fourth-order valence-corrected chi connectivity index (χ4v) is 6.01. The van der Waals surface area contributed by atoms with Crippen molar-refractivity contribution >= 4 is 48.0 Å². The Morgan fingerprint density at radius 3 is 2.61 bits per heavy atom. The van der Waals surface area contributed by atoms with Crippen molar-refractivity contribution in [2.75, 3.05) is 55.1 Å². The van der Waals surface area contributed by atoms with Crippen molar-refractivity contribution in [3.63, 3.8) is 0 Å². The summed E-state index contributed by atoms with van der Waals surface area (Å²) in [5, 5.41) is 5.05. The molecule has 0 bridgehead atoms. The van der Waals surface area contributed by atoms with Crippen molar-refractivity contribution in [2.45, 2.75) is 24.2 Å². The van der Waals surface area contributed by atoms with E-state index < -0.39 is 25.9 Å². The van der Waals surface area contributed by atoms with Crippen molar-refractivity contribution in [3.05, 3.63) is 35.3 Å². The lowest BCUT2D eigenvalue weighted by Crippen LogP contribution is -2.36. The summed E-state index contributed by atoms with van der Waals surface area (Å²) in [5.74, 6) is -0.609. The molecule has 1 N–H and O–H groups in total. The van der Waals surface area contributed by atoms with Crippen LogP contribution < -0.4 is 10.2 Å². The van der Waals surface area contributed by atoms with E-state index in [1.807, 2.05) is 4.90 Å². The number of hydrogen-bond acceptors (Lipinski definition) is 10. The average molecular weight is 518 g/mol. The molecule has 33 heavy (non-hydrogen) atoms. The number of nitrogens with one attached hydrogen (secondary N) is 1. The number of anilines is 2. The number of ether oxygens (including phenoxy) is 1. The molecule has 1 amide bonds. The number of amides is 1. The second kappa shape index (κ2) is 11.4. The highest BCUT2D eigenvalue weighted by Crippen LogP contribution is 2.25. The molecule has 13 heteroatoms. The largest absolute Gasteiger partial charge is 0.378 e. The highest BCUT2D eigenvalue weighted by atomic mass is 32.2. The van der Waals surface area contributed by atoms with Crippen LogP contribution in [0.4, 0.5) is 10.8 Å². The van der Waals surface area contributed by atoms with E-state index in [4.69, 9.17) is 4.74 Å². The number of morpholine rings is 1. The molecule has 0 aliphatic carbocycles. The number of rotatable bonds is 11. The fraction of sp³-hybridized carbons (Fsp3) is 0.500. The van der Waals surface area contributed by atoms with Gasteiger partial charge in [0.05, 0.1) is 42.4 Å². The fourth-order valence-electron chi connectivity index (χ4n) is 3.19. The molecule has 1 saturated heterocycles. The molecule has 0 spiro atoms. The molecule has 0 unspecified atom stereocenters. The van der Waals surface area contributed by atoms with Crippen LogP contribution in [0, 0.1) is 0 Å². The number of thiazole rings is 1. The number of para-hydroxylation sites is 1. The molecule has 2 aromatic rings. The van der Waals surface area contributed by atoms with Crippen LogP contribution in [-0.2, 0) is 28.9 Å². The summed E-state index contributed by atoms with van der Waals surface area (Å²) in [4.78, 5) is 19.2. The van der Waals surface area contributed by atoms with Crippen molar-refractivity contribution in [2.24, 2.45) is 0 Å². The SMILES string of the molecule is CS(=O)(=O)OCCCCCS(=O)(=O)c1ccccc1NC(=O)c1csc(N2CCOCC2)n1. The smallest absolute Gasteiger partial charge is 0.275 e. The summed E-state index contributed by atoms with van der Waals surface area (Å²) in [6, 6.07) is 6.25. The number of sulfone groups is 1. The topological polar surface area (TPSA) is 132 Å². The van der Waals surface area contributed by atoms with Crippen LogP contribution in [0.5, 0.6) is 0 Å². The zero-order valence-electron chi connectivity index (χ0n) is 18.2. The quantitative estimate of drug-likeness (QED) is 0.352. The summed E-state index contributed by atoms with van der Waals surface area (Å²) < 4.78 is 57.6. The van der Waals surface area contributed by atoms with Crippen LogP contribution in [0.25, 0.3) is 0 Å². The molecule has 1 aliphatic rings. The number of unbranched alkanes of at least 4 members (excludes halogenated alkanes) is 2. The molecule has 0 radical (unpaired) electrons. The zero-order valence-corrected chi connectivity index (χ0v) is 20.7. The third kappa shape index (κ3) is 7.74. The molecular formula is C20H27N3O7S3. The first-order chi connectivity index (χ1) is 15.7. The van der Waals surface area contributed by atoms with Gasteiger partial charge in [0.15, 0.2) is 15.0 Å². The molecule has 0 saturated carbocycles. The molecule has 182 valence electrons.